The van der Waals surface area contributed by atoms with Gasteiger partial charge < -0.3 is 0 Å². The summed E-state index contributed by atoms with van der Waals surface area (Å²) < 4.78 is 80.3. The van der Waals surface area contributed by atoms with Gasteiger partial charge in [-0.3, -0.25) is 4.84 Å². The van der Waals surface area contributed by atoms with Crippen LogP contribution < -0.4 is 0 Å². The third-order valence-electron chi connectivity index (χ3n) is 5.62. The first-order valence-corrected chi connectivity index (χ1v) is 9.48. The van der Waals surface area contributed by atoms with Crippen LogP contribution in [0.5, 0.6) is 0 Å². The predicted octanol–water partition coefficient (Wildman–Crippen LogP) is 6.10. The Kier molecular flexibility index (Phi) is 6.15. The summed E-state index contributed by atoms with van der Waals surface area (Å²) in [6.07, 6.45) is -6.77. The van der Waals surface area contributed by atoms with Crippen LogP contribution in [-0.2, 0) is 4.84 Å². The monoisotopic (exact) mass is 419 g/mol. The number of halogens is 6. The van der Waals surface area contributed by atoms with Crippen LogP contribution in [0.15, 0.2) is 48.1 Å². The highest BCUT2D eigenvalue weighted by Crippen LogP contribution is 2.48. The maximum atomic E-state index is 13.8. The van der Waals surface area contributed by atoms with Crippen molar-refractivity contribution >= 4 is 0 Å². The van der Waals surface area contributed by atoms with Crippen molar-refractivity contribution in [3.63, 3.8) is 0 Å². The zero-order valence-electron chi connectivity index (χ0n) is 16.0. The summed E-state index contributed by atoms with van der Waals surface area (Å²) in [6, 6.07) is 7.80. The Bertz CT molecular complexity index is 782. The van der Waals surface area contributed by atoms with Crippen molar-refractivity contribution in [2.75, 3.05) is 19.7 Å². The minimum atomic E-state index is -4.86. The summed E-state index contributed by atoms with van der Waals surface area (Å²) in [5.41, 5.74) is -1.77. The summed E-state index contributed by atoms with van der Waals surface area (Å²) in [5, 5.41) is 1.47. The van der Waals surface area contributed by atoms with Crippen molar-refractivity contribution in [1.29, 1.82) is 0 Å². The topological polar surface area (TPSA) is 12.5 Å². The molecule has 0 saturated carbocycles. The second kappa shape index (κ2) is 8.14. The van der Waals surface area contributed by atoms with E-state index in [9.17, 15) is 26.3 Å². The molecule has 1 aromatic rings. The number of piperidine rings is 1. The largest absolute Gasteiger partial charge is 0.416 e. The lowest BCUT2D eigenvalue weighted by Crippen LogP contribution is -2.45. The first-order valence-electron chi connectivity index (χ1n) is 9.48. The number of nitrogens with zero attached hydrogens (tertiary/aromatic N) is 1. The molecule has 0 spiro atoms. The molecule has 1 fully saturated rings. The van der Waals surface area contributed by atoms with Crippen molar-refractivity contribution in [2.24, 2.45) is 5.41 Å². The van der Waals surface area contributed by atoms with Gasteiger partial charge in [-0.2, -0.15) is 31.4 Å². The smallest absolute Gasteiger partial charge is 0.298 e. The third-order valence-corrected chi connectivity index (χ3v) is 5.62. The SMILES string of the molecule is Cc1ccccc1[C@H]1CCCN(OCC2(C(F)(F)F)C=C(C(F)(F)F)C=CC2)C1. The highest BCUT2D eigenvalue weighted by molar-refractivity contribution is 5.32. The Balaban J connectivity index is 1.74. The molecule has 1 aliphatic heterocycles. The number of aryl methyl sites for hydroxylation is 1. The van der Waals surface area contributed by atoms with E-state index in [-0.39, 0.29) is 12.0 Å². The molecule has 1 heterocycles. The fourth-order valence-corrected chi connectivity index (χ4v) is 3.92. The van der Waals surface area contributed by atoms with Gasteiger partial charge in [0.1, 0.15) is 5.41 Å². The average molecular weight is 419 g/mol. The number of hydrogen-bond acceptors (Lipinski definition) is 2. The van der Waals surface area contributed by atoms with Gasteiger partial charge in [-0.15, -0.1) is 0 Å². The zero-order valence-corrected chi connectivity index (χ0v) is 16.0. The average Bonchev–Trinajstić information content (AvgIpc) is 2.66. The van der Waals surface area contributed by atoms with E-state index >= 15 is 0 Å². The van der Waals surface area contributed by atoms with Crippen molar-refractivity contribution in [3.8, 4) is 0 Å². The van der Waals surface area contributed by atoms with Crippen molar-refractivity contribution in [3.05, 3.63) is 59.2 Å². The summed E-state index contributed by atoms with van der Waals surface area (Å²) in [5.74, 6) is 0.110. The van der Waals surface area contributed by atoms with Gasteiger partial charge >= 0.3 is 12.4 Å². The van der Waals surface area contributed by atoms with E-state index in [4.69, 9.17) is 4.84 Å². The van der Waals surface area contributed by atoms with Crippen LogP contribution in [-0.4, -0.2) is 37.1 Å². The molecular weight excluding hydrogens is 396 g/mol. The first kappa shape index (κ1) is 21.9. The normalized spacial score (nSPS) is 26.4. The van der Waals surface area contributed by atoms with E-state index in [0.29, 0.717) is 19.2 Å². The summed E-state index contributed by atoms with van der Waals surface area (Å²) in [7, 11) is 0. The molecule has 0 N–H and O–H groups in total. The maximum Gasteiger partial charge on any atom is 0.416 e. The Labute approximate surface area is 165 Å². The summed E-state index contributed by atoms with van der Waals surface area (Å²) in [6.45, 7) is 1.96. The van der Waals surface area contributed by atoms with E-state index in [0.717, 1.165) is 30.0 Å². The van der Waals surface area contributed by atoms with Crippen LogP contribution in [0.4, 0.5) is 26.3 Å². The van der Waals surface area contributed by atoms with Crippen LogP contribution >= 0.6 is 0 Å². The molecule has 2 aliphatic rings. The lowest BCUT2D eigenvalue weighted by atomic mass is 9.79. The maximum absolute atomic E-state index is 13.8. The zero-order chi connectivity index (χ0) is 21.3. The molecule has 1 aromatic carbocycles. The Morgan fingerprint density at radius 3 is 2.52 bits per heavy atom. The molecular formula is C21H23F6NO. The van der Waals surface area contributed by atoms with Gasteiger partial charge in [0.25, 0.3) is 0 Å². The van der Waals surface area contributed by atoms with Gasteiger partial charge in [-0.1, -0.05) is 42.5 Å². The van der Waals surface area contributed by atoms with Gasteiger partial charge in [0.2, 0.25) is 0 Å². The molecule has 2 atom stereocenters. The Hall–Kier alpha value is -1.80. The molecule has 1 aliphatic carbocycles. The Morgan fingerprint density at radius 1 is 1.14 bits per heavy atom. The second-order valence-electron chi connectivity index (χ2n) is 7.71. The predicted molar refractivity (Wildman–Crippen MR) is 97.1 cm³/mol. The van der Waals surface area contributed by atoms with Gasteiger partial charge in [-0.25, -0.2) is 0 Å². The van der Waals surface area contributed by atoms with Crippen LogP contribution in [0, 0.1) is 12.3 Å². The quantitative estimate of drug-likeness (QED) is 0.547. The van der Waals surface area contributed by atoms with Gasteiger partial charge in [0.05, 0.1) is 12.2 Å². The van der Waals surface area contributed by atoms with Crippen molar-refractivity contribution in [2.45, 2.75) is 44.5 Å². The first-order chi connectivity index (χ1) is 13.5. The fraction of sp³-hybridized carbons (Fsp3) is 0.524. The summed E-state index contributed by atoms with van der Waals surface area (Å²) >= 11 is 0. The van der Waals surface area contributed by atoms with Crippen LogP contribution in [0.1, 0.15) is 36.3 Å². The number of benzene rings is 1. The molecule has 1 unspecified atom stereocenters. The lowest BCUT2D eigenvalue weighted by Gasteiger charge is -2.38. The van der Waals surface area contributed by atoms with Gasteiger partial charge in [-0.05, 0) is 43.2 Å². The highest BCUT2D eigenvalue weighted by atomic mass is 19.4. The second-order valence-corrected chi connectivity index (χ2v) is 7.71. The van der Waals surface area contributed by atoms with Gasteiger partial charge in [0.15, 0.2) is 0 Å². The number of rotatable bonds is 4. The minimum absolute atomic E-state index is 0.110. The van der Waals surface area contributed by atoms with Crippen molar-refractivity contribution in [1.82, 2.24) is 5.06 Å². The van der Waals surface area contributed by atoms with Crippen LogP contribution in [0.25, 0.3) is 0 Å². The minimum Gasteiger partial charge on any atom is -0.298 e. The van der Waals surface area contributed by atoms with Crippen LogP contribution in [0.3, 0.4) is 0 Å². The lowest BCUT2D eigenvalue weighted by molar-refractivity contribution is -0.262. The highest BCUT2D eigenvalue weighted by Gasteiger charge is 2.55. The van der Waals surface area contributed by atoms with Crippen LogP contribution in [0.2, 0.25) is 0 Å². The molecule has 2 nitrogen and oxygen atoms in total. The van der Waals surface area contributed by atoms with E-state index < -0.39 is 36.4 Å². The van der Waals surface area contributed by atoms with E-state index in [1.165, 1.54) is 5.06 Å². The standard InChI is InChI=1S/C21H23F6NO/c1-15-6-2-3-9-18(15)16-7-5-11-28(13-16)29-14-19(21(25,26)27)10-4-8-17(12-19)20(22,23)24/h2-4,6,8-9,12,16H,5,7,10-11,13-14H2,1H3/t16-,19?/m0/s1. The third kappa shape index (κ3) is 4.86. The van der Waals surface area contributed by atoms with Crippen molar-refractivity contribution < 1.29 is 31.2 Å². The molecule has 160 valence electrons. The number of hydroxylamine groups is 2. The molecule has 0 aromatic heterocycles. The van der Waals surface area contributed by atoms with E-state index in [1.54, 1.807) is 0 Å². The number of allylic oxidation sites excluding steroid dienone is 3. The molecule has 8 heteroatoms. The molecule has 29 heavy (non-hydrogen) atoms. The molecule has 1 saturated heterocycles. The van der Waals surface area contributed by atoms with E-state index in [1.807, 2.05) is 31.2 Å². The number of hydrogen-bond donors (Lipinski definition) is 0. The molecule has 0 amide bonds. The van der Waals surface area contributed by atoms with Gasteiger partial charge in [0, 0.05) is 13.1 Å². The summed E-state index contributed by atoms with van der Waals surface area (Å²) in [4.78, 5) is 5.47. The molecule has 3 rings (SSSR count). The number of alkyl halides is 6. The Morgan fingerprint density at radius 2 is 1.86 bits per heavy atom. The van der Waals surface area contributed by atoms with E-state index in [2.05, 4.69) is 0 Å². The fourth-order valence-electron chi connectivity index (χ4n) is 3.92. The molecule has 0 bridgehead atoms. The molecule has 0 radical (unpaired) electrons.